The monoisotopic (exact) mass is 352 g/mol. The van der Waals surface area contributed by atoms with E-state index in [2.05, 4.69) is 34.1 Å². The van der Waals surface area contributed by atoms with E-state index in [0.717, 1.165) is 43.8 Å². The van der Waals surface area contributed by atoms with E-state index in [9.17, 15) is 0 Å². The van der Waals surface area contributed by atoms with Crippen molar-refractivity contribution in [3.63, 3.8) is 0 Å². The average Bonchev–Trinajstić information content (AvgIpc) is 3.10. The van der Waals surface area contributed by atoms with E-state index in [1.165, 1.54) is 24.0 Å². The minimum absolute atomic E-state index is 0.377. The van der Waals surface area contributed by atoms with Crippen molar-refractivity contribution in [2.45, 2.75) is 44.3 Å². The Morgan fingerprint density at radius 2 is 2.04 bits per heavy atom. The fourth-order valence-electron chi connectivity index (χ4n) is 4.25. The van der Waals surface area contributed by atoms with E-state index < -0.39 is 0 Å². The molecule has 0 radical (unpaired) electrons. The van der Waals surface area contributed by atoms with Gasteiger partial charge >= 0.3 is 0 Å². The second-order valence-corrected chi connectivity index (χ2v) is 7.47. The SMILES string of the molecule is COc1ccc2c(c1)C(CN1CCC(OCc3cccnc3)CC1)CC2. The van der Waals surface area contributed by atoms with Gasteiger partial charge in [0.25, 0.3) is 0 Å². The maximum absolute atomic E-state index is 6.09. The van der Waals surface area contributed by atoms with Crippen LogP contribution in [0.15, 0.2) is 42.7 Å². The molecule has 0 spiro atoms. The van der Waals surface area contributed by atoms with Gasteiger partial charge in [-0.1, -0.05) is 12.1 Å². The summed E-state index contributed by atoms with van der Waals surface area (Å²) in [6, 6.07) is 10.6. The number of pyridine rings is 1. The first-order valence-corrected chi connectivity index (χ1v) is 9.71. The molecule has 1 aromatic carbocycles. The first-order chi connectivity index (χ1) is 12.8. The molecule has 4 nitrogen and oxygen atoms in total. The van der Waals surface area contributed by atoms with Crippen molar-refractivity contribution in [1.29, 1.82) is 0 Å². The highest BCUT2D eigenvalue weighted by atomic mass is 16.5. The Morgan fingerprint density at radius 1 is 1.15 bits per heavy atom. The van der Waals surface area contributed by atoms with Gasteiger partial charge in [0, 0.05) is 32.0 Å². The maximum atomic E-state index is 6.09. The summed E-state index contributed by atoms with van der Waals surface area (Å²) in [7, 11) is 1.75. The maximum Gasteiger partial charge on any atom is 0.119 e. The molecule has 2 aliphatic rings. The summed E-state index contributed by atoms with van der Waals surface area (Å²) in [5.41, 5.74) is 4.16. The van der Waals surface area contributed by atoms with Gasteiger partial charge in [-0.05, 0) is 66.5 Å². The van der Waals surface area contributed by atoms with Crippen LogP contribution in [0.3, 0.4) is 0 Å². The molecule has 2 aromatic rings. The number of fused-ring (bicyclic) bond motifs is 1. The van der Waals surface area contributed by atoms with Crippen molar-refractivity contribution in [3.05, 3.63) is 59.4 Å². The molecule has 1 atom stereocenters. The van der Waals surface area contributed by atoms with Gasteiger partial charge in [-0.2, -0.15) is 0 Å². The zero-order chi connectivity index (χ0) is 17.8. The number of benzene rings is 1. The third kappa shape index (κ3) is 4.08. The Hall–Kier alpha value is -1.91. The molecule has 0 amide bonds. The second kappa shape index (κ2) is 8.19. The van der Waals surface area contributed by atoms with Crippen LogP contribution < -0.4 is 4.74 Å². The van der Waals surface area contributed by atoms with Gasteiger partial charge < -0.3 is 14.4 Å². The smallest absolute Gasteiger partial charge is 0.119 e. The topological polar surface area (TPSA) is 34.6 Å². The number of nitrogens with zero attached hydrogens (tertiary/aromatic N) is 2. The molecular weight excluding hydrogens is 324 g/mol. The molecule has 2 heterocycles. The lowest BCUT2D eigenvalue weighted by molar-refractivity contribution is -0.00350. The Bertz CT molecular complexity index is 711. The summed E-state index contributed by atoms with van der Waals surface area (Å²) in [6.45, 7) is 4.10. The van der Waals surface area contributed by atoms with Crippen LogP contribution in [0.5, 0.6) is 5.75 Å². The molecule has 1 aliphatic heterocycles. The Balaban J connectivity index is 1.26. The summed E-state index contributed by atoms with van der Waals surface area (Å²) in [4.78, 5) is 6.77. The van der Waals surface area contributed by atoms with Crippen LogP contribution in [-0.2, 0) is 17.8 Å². The lowest BCUT2D eigenvalue weighted by atomic mass is 9.98. The zero-order valence-corrected chi connectivity index (χ0v) is 15.6. The van der Waals surface area contributed by atoms with Gasteiger partial charge in [0.2, 0.25) is 0 Å². The van der Waals surface area contributed by atoms with Gasteiger partial charge in [-0.15, -0.1) is 0 Å². The third-order valence-electron chi connectivity index (χ3n) is 5.78. The molecule has 0 N–H and O–H groups in total. The van der Waals surface area contributed by atoms with E-state index >= 15 is 0 Å². The average molecular weight is 352 g/mol. The summed E-state index contributed by atoms with van der Waals surface area (Å²) < 4.78 is 11.5. The first kappa shape index (κ1) is 17.5. The molecule has 0 saturated carbocycles. The lowest BCUT2D eigenvalue weighted by Gasteiger charge is -2.33. The molecule has 4 heteroatoms. The molecular formula is C22H28N2O2. The second-order valence-electron chi connectivity index (χ2n) is 7.47. The minimum atomic E-state index is 0.377. The fraction of sp³-hybridized carbons (Fsp3) is 0.500. The largest absolute Gasteiger partial charge is 0.497 e. The van der Waals surface area contributed by atoms with E-state index in [1.807, 2.05) is 12.3 Å². The molecule has 1 aliphatic carbocycles. The van der Waals surface area contributed by atoms with Crippen molar-refractivity contribution in [2.75, 3.05) is 26.7 Å². The highest BCUT2D eigenvalue weighted by Crippen LogP contribution is 2.36. The molecule has 138 valence electrons. The summed E-state index contributed by atoms with van der Waals surface area (Å²) >= 11 is 0. The van der Waals surface area contributed by atoms with Crippen LogP contribution in [0.2, 0.25) is 0 Å². The number of ether oxygens (including phenoxy) is 2. The summed E-state index contributed by atoms with van der Waals surface area (Å²) in [5, 5.41) is 0. The van der Waals surface area contributed by atoms with Gasteiger partial charge in [0.05, 0.1) is 19.8 Å². The first-order valence-electron chi connectivity index (χ1n) is 9.71. The predicted octanol–water partition coefficient (Wildman–Crippen LogP) is 3.80. The minimum Gasteiger partial charge on any atom is -0.497 e. The lowest BCUT2D eigenvalue weighted by Crippen LogP contribution is -2.39. The Labute approximate surface area is 156 Å². The molecule has 1 aromatic heterocycles. The van der Waals surface area contributed by atoms with Crippen molar-refractivity contribution in [1.82, 2.24) is 9.88 Å². The summed E-state index contributed by atoms with van der Waals surface area (Å²) in [5.74, 6) is 1.63. The molecule has 1 saturated heterocycles. The van der Waals surface area contributed by atoms with E-state index in [1.54, 1.807) is 13.3 Å². The van der Waals surface area contributed by atoms with Gasteiger partial charge in [0.15, 0.2) is 0 Å². The number of hydrogen-bond donors (Lipinski definition) is 0. The van der Waals surface area contributed by atoms with Crippen LogP contribution in [-0.4, -0.2) is 42.7 Å². The van der Waals surface area contributed by atoms with Gasteiger partial charge in [-0.25, -0.2) is 0 Å². The number of aromatic nitrogens is 1. The highest BCUT2D eigenvalue weighted by Gasteiger charge is 2.27. The van der Waals surface area contributed by atoms with E-state index in [0.29, 0.717) is 18.6 Å². The van der Waals surface area contributed by atoms with E-state index in [-0.39, 0.29) is 0 Å². The molecule has 4 rings (SSSR count). The van der Waals surface area contributed by atoms with Gasteiger partial charge in [-0.3, -0.25) is 4.98 Å². The number of rotatable bonds is 6. The van der Waals surface area contributed by atoms with Crippen molar-refractivity contribution in [3.8, 4) is 5.75 Å². The van der Waals surface area contributed by atoms with Crippen LogP contribution >= 0.6 is 0 Å². The number of hydrogen-bond acceptors (Lipinski definition) is 4. The Morgan fingerprint density at radius 3 is 2.81 bits per heavy atom. The quantitative estimate of drug-likeness (QED) is 0.792. The normalized spacial score (nSPS) is 20.9. The Kier molecular flexibility index (Phi) is 5.51. The van der Waals surface area contributed by atoms with Crippen LogP contribution in [0.1, 0.15) is 41.9 Å². The molecule has 1 unspecified atom stereocenters. The zero-order valence-electron chi connectivity index (χ0n) is 15.6. The number of likely N-dealkylation sites (tertiary alicyclic amines) is 1. The van der Waals surface area contributed by atoms with Crippen molar-refractivity contribution >= 4 is 0 Å². The standard InChI is InChI=1S/C22H28N2O2/c1-25-21-7-6-18-4-5-19(22(18)13-21)15-24-11-8-20(9-12-24)26-16-17-3-2-10-23-14-17/h2-3,6-7,10,13-14,19-20H,4-5,8-9,11-12,15-16H2,1H3. The van der Waals surface area contributed by atoms with Gasteiger partial charge in [0.1, 0.15) is 5.75 Å². The van der Waals surface area contributed by atoms with Crippen molar-refractivity contribution in [2.24, 2.45) is 0 Å². The highest BCUT2D eigenvalue weighted by molar-refractivity contribution is 5.41. The number of aryl methyl sites for hydroxylation is 1. The molecule has 26 heavy (non-hydrogen) atoms. The van der Waals surface area contributed by atoms with E-state index in [4.69, 9.17) is 9.47 Å². The number of methoxy groups -OCH3 is 1. The third-order valence-corrected chi connectivity index (χ3v) is 5.78. The van der Waals surface area contributed by atoms with Crippen LogP contribution in [0.25, 0.3) is 0 Å². The van der Waals surface area contributed by atoms with Crippen molar-refractivity contribution < 1.29 is 9.47 Å². The van der Waals surface area contributed by atoms with Crippen LogP contribution in [0, 0.1) is 0 Å². The molecule has 1 fully saturated rings. The summed E-state index contributed by atoms with van der Waals surface area (Å²) in [6.07, 6.45) is 8.78. The predicted molar refractivity (Wildman–Crippen MR) is 103 cm³/mol. The molecule has 0 bridgehead atoms. The fourth-order valence-corrected chi connectivity index (χ4v) is 4.25. The van der Waals surface area contributed by atoms with Crippen LogP contribution in [0.4, 0.5) is 0 Å². The number of piperidine rings is 1.